The van der Waals surface area contributed by atoms with E-state index in [1.54, 1.807) is 6.07 Å². The summed E-state index contributed by atoms with van der Waals surface area (Å²) in [5.74, 6) is -0.116. The van der Waals surface area contributed by atoms with Gasteiger partial charge in [-0.1, -0.05) is 11.6 Å². The molecule has 0 saturated heterocycles. The van der Waals surface area contributed by atoms with Crippen LogP contribution < -0.4 is 11.1 Å². The molecule has 0 radical (unpaired) electrons. The van der Waals surface area contributed by atoms with Crippen LogP contribution in [0.2, 0.25) is 5.02 Å². The minimum Gasteiger partial charge on any atom is -0.376 e. The maximum Gasteiger partial charge on any atom is 0.251 e. The Morgan fingerprint density at radius 1 is 1.33 bits per heavy atom. The molecule has 1 aromatic carbocycles. The molecule has 0 spiro atoms. The lowest BCUT2D eigenvalue weighted by atomic mass is 9.94. The van der Waals surface area contributed by atoms with Gasteiger partial charge in [0.2, 0.25) is 0 Å². The van der Waals surface area contributed by atoms with Gasteiger partial charge in [0.05, 0.1) is 12.7 Å². The van der Waals surface area contributed by atoms with Crippen molar-refractivity contribution in [3.05, 3.63) is 34.3 Å². The zero-order valence-corrected chi connectivity index (χ0v) is 13.2. The van der Waals surface area contributed by atoms with Gasteiger partial charge in [0, 0.05) is 23.2 Å². The third-order valence-corrected chi connectivity index (χ3v) is 3.98. The third kappa shape index (κ3) is 5.30. The van der Waals surface area contributed by atoms with Crippen LogP contribution in [0.4, 0.5) is 0 Å². The maximum atomic E-state index is 12.0. The molecule has 0 aliphatic heterocycles. The van der Waals surface area contributed by atoms with Crippen LogP contribution in [0.25, 0.3) is 0 Å². The number of hydrogen-bond acceptors (Lipinski definition) is 3. The summed E-state index contributed by atoms with van der Waals surface area (Å²) < 4.78 is 5.77. The Labute approximate surface area is 131 Å². The number of benzene rings is 1. The first-order valence-electron chi connectivity index (χ1n) is 7.47. The van der Waals surface area contributed by atoms with Gasteiger partial charge in [-0.2, -0.15) is 0 Å². The molecular formula is C16H23ClN2O2. The zero-order chi connectivity index (χ0) is 15.2. The van der Waals surface area contributed by atoms with Crippen LogP contribution >= 0.6 is 11.6 Å². The predicted octanol–water partition coefficient (Wildman–Crippen LogP) is 2.66. The number of rotatable bonds is 5. The number of carbonyl (C=O) groups is 1. The number of carbonyl (C=O) groups excluding carboxylic acids is 1. The van der Waals surface area contributed by atoms with E-state index in [1.165, 1.54) is 0 Å². The molecule has 1 fully saturated rings. The summed E-state index contributed by atoms with van der Waals surface area (Å²) in [4.78, 5) is 12.0. The van der Waals surface area contributed by atoms with Crippen molar-refractivity contribution in [1.82, 2.24) is 5.32 Å². The van der Waals surface area contributed by atoms with Gasteiger partial charge in [0.1, 0.15) is 0 Å². The normalized spacial score (nSPS) is 22.0. The topological polar surface area (TPSA) is 64.3 Å². The molecule has 0 aromatic heterocycles. The smallest absolute Gasteiger partial charge is 0.251 e. The summed E-state index contributed by atoms with van der Waals surface area (Å²) in [6, 6.07) is 5.66. The quantitative estimate of drug-likeness (QED) is 0.822. The minimum atomic E-state index is -0.116. The molecule has 0 unspecified atom stereocenters. The van der Waals surface area contributed by atoms with Crippen molar-refractivity contribution in [2.24, 2.45) is 5.73 Å². The fourth-order valence-corrected chi connectivity index (χ4v) is 2.90. The lowest BCUT2D eigenvalue weighted by Gasteiger charge is -2.26. The van der Waals surface area contributed by atoms with Crippen molar-refractivity contribution in [3.63, 3.8) is 0 Å². The Hall–Kier alpha value is -1.10. The van der Waals surface area contributed by atoms with Crippen LogP contribution in [0.1, 0.15) is 41.6 Å². The highest BCUT2D eigenvalue weighted by Gasteiger charge is 2.18. The highest BCUT2D eigenvalue weighted by atomic mass is 35.5. The van der Waals surface area contributed by atoms with Gasteiger partial charge in [0.15, 0.2) is 0 Å². The average Bonchev–Trinajstić information content (AvgIpc) is 2.44. The van der Waals surface area contributed by atoms with Crippen molar-refractivity contribution < 1.29 is 9.53 Å². The molecule has 1 aromatic rings. The molecule has 3 N–H and O–H groups in total. The van der Waals surface area contributed by atoms with Gasteiger partial charge in [0.25, 0.3) is 5.91 Å². The predicted molar refractivity (Wildman–Crippen MR) is 84.7 cm³/mol. The third-order valence-electron chi connectivity index (χ3n) is 3.76. The second-order valence-electron chi connectivity index (χ2n) is 5.68. The van der Waals surface area contributed by atoms with Gasteiger partial charge >= 0.3 is 0 Å². The molecule has 21 heavy (non-hydrogen) atoms. The van der Waals surface area contributed by atoms with Gasteiger partial charge in [-0.05, 0) is 56.4 Å². The van der Waals surface area contributed by atoms with E-state index < -0.39 is 0 Å². The number of nitrogens with two attached hydrogens (primary N) is 1. The molecule has 4 nitrogen and oxygen atoms in total. The van der Waals surface area contributed by atoms with E-state index >= 15 is 0 Å². The van der Waals surface area contributed by atoms with Crippen LogP contribution in [-0.2, 0) is 4.74 Å². The summed E-state index contributed by atoms with van der Waals surface area (Å²) >= 11 is 5.95. The van der Waals surface area contributed by atoms with Crippen LogP contribution in [0.3, 0.4) is 0 Å². The van der Waals surface area contributed by atoms with Crippen LogP contribution in [0, 0.1) is 6.92 Å². The summed E-state index contributed by atoms with van der Waals surface area (Å²) in [5, 5.41) is 3.43. The minimum absolute atomic E-state index is 0.116. The largest absolute Gasteiger partial charge is 0.376 e. The molecule has 0 heterocycles. The molecule has 2 rings (SSSR count). The average molecular weight is 311 g/mol. The van der Waals surface area contributed by atoms with E-state index in [1.807, 2.05) is 19.1 Å². The number of aryl methyl sites for hydroxylation is 1. The van der Waals surface area contributed by atoms with Crippen LogP contribution in [0.15, 0.2) is 18.2 Å². The summed E-state index contributed by atoms with van der Waals surface area (Å²) in [5.41, 5.74) is 7.42. The second-order valence-corrected chi connectivity index (χ2v) is 6.12. The van der Waals surface area contributed by atoms with Crippen molar-refractivity contribution in [3.8, 4) is 0 Å². The second kappa shape index (κ2) is 7.78. The molecule has 1 aliphatic rings. The fourth-order valence-electron chi connectivity index (χ4n) is 2.61. The Kier molecular flexibility index (Phi) is 6.03. The number of hydrogen-bond donors (Lipinski definition) is 2. The van der Waals surface area contributed by atoms with E-state index in [4.69, 9.17) is 22.1 Å². The molecule has 1 amide bonds. The maximum absolute atomic E-state index is 12.0. The number of amides is 1. The highest BCUT2D eigenvalue weighted by Crippen LogP contribution is 2.19. The molecule has 116 valence electrons. The molecule has 0 atom stereocenters. The Balaban J connectivity index is 1.69. The standard InChI is InChI=1S/C16H23ClN2O2/c1-11-8-12(10-13(17)9-11)16(20)19-6-7-21-15-4-2-14(18)3-5-15/h8-10,14-15H,2-7,18H2,1H3,(H,19,20). The van der Waals surface area contributed by atoms with Gasteiger partial charge in [-0.15, -0.1) is 0 Å². The van der Waals surface area contributed by atoms with Crippen LogP contribution in [-0.4, -0.2) is 31.2 Å². The van der Waals surface area contributed by atoms with Crippen LogP contribution in [0.5, 0.6) is 0 Å². The Bertz CT molecular complexity index is 465. The van der Waals surface area contributed by atoms with Crippen molar-refractivity contribution in [2.45, 2.75) is 44.8 Å². The zero-order valence-electron chi connectivity index (χ0n) is 12.4. The summed E-state index contributed by atoms with van der Waals surface area (Å²) in [6.45, 7) is 2.96. The molecule has 5 heteroatoms. The monoisotopic (exact) mass is 310 g/mol. The van der Waals surface area contributed by atoms with E-state index in [0.29, 0.717) is 29.8 Å². The Morgan fingerprint density at radius 2 is 2.05 bits per heavy atom. The first-order valence-corrected chi connectivity index (χ1v) is 7.85. The van der Waals surface area contributed by atoms with E-state index in [-0.39, 0.29) is 12.0 Å². The van der Waals surface area contributed by atoms with E-state index in [0.717, 1.165) is 31.2 Å². The SMILES string of the molecule is Cc1cc(Cl)cc(C(=O)NCCOC2CCC(N)CC2)c1. The van der Waals surface area contributed by atoms with Crippen molar-refractivity contribution in [1.29, 1.82) is 0 Å². The van der Waals surface area contributed by atoms with Gasteiger partial charge < -0.3 is 15.8 Å². The van der Waals surface area contributed by atoms with Gasteiger partial charge in [-0.3, -0.25) is 4.79 Å². The number of nitrogens with one attached hydrogen (secondary N) is 1. The molecule has 1 saturated carbocycles. The fraction of sp³-hybridized carbons (Fsp3) is 0.562. The molecular weight excluding hydrogens is 288 g/mol. The highest BCUT2D eigenvalue weighted by molar-refractivity contribution is 6.31. The van der Waals surface area contributed by atoms with Gasteiger partial charge in [-0.25, -0.2) is 0 Å². The van der Waals surface area contributed by atoms with E-state index in [2.05, 4.69) is 5.32 Å². The Morgan fingerprint density at radius 3 is 2.71 bits per heavy atom. The van der Waals surface area contributed by atoms with Crippen molar-refractivity contribution >= 4 is 17.5 Å². The number of ether oxygens (including phenoxy) is 1. The first-order chi connectivity index (χ1) is 10.0. The summed E-state index contributed by atoms with van der Waals surface area (Å²) in [6.07, 6.45) is 4.37. The molecule has 1 aliphatic carbocycles. The molecule has 0 bridgehead atoms. The lowest BCUT2D eigenvalue weighted by molar-refractivity contribution is 0.0267. The number of halogens is 1. The lowest BCUT2D eigenvalue weighted by Crippen LogP contribution is -2.33. The first kappa shape index (κ1) is 16.3. The van der Waals surface area contributed by atoms with E-state index in [9.17, 15) is 4.79 Å². The summed E-state index contributed by atoms with van der Waals surface area (Å²) in [7, 11) is 0. The van der Waals surface area contributed by atoms with Crippen molar-refractivity contribution in [2.75, 3.05) is 13.2 Å².